The summed E-state index contributed by atoms with van der Waals surface area (Å²) in [5.74, 6) is -1.33. The lowest BCUT2D eigenvalue weighted by atomic mass is 10.1. The first-order valence-corrected chi connectivity index (χ1v) is 12.0. The lowest BCUT2D eigenvalue weighted by molar-refractivity contribution is -0.139. The molecule has 0 radical (unpaired) electrons. The van der Waals surface area contributed by atoms with Crippen molar-refractivity contribution in [3.63, 3.8) is 0 Å². The van der Waals surface area contributed by atoms with E-state index in [2.05, 4.69) is 5.32 Å². The standard InChI is InChI=1S/C23H31FN4O4S/c1-5-15-25-23(30)18(2)27(16-19-11-13-20(24)14-12-19)22(29)17-28(33(31,32)26(3)4)21-9-7-6-8-10-21/h6-14,18H,5,15-17H2,1-4H3,(H,25,30). The quantitative estimate of drug-likeness (QED) is 0.537. The molecule has 2 aromatic carbocycles. The first-order chi connectivity index (χ1) is 15.6. The van der Waals surface area contributed by atoms with E-state index in [0.717, 1.165) is 15.0 Å². The van der Waals surface area contributed by atoms with Crippen molar-refractivity contribution in [2.75, 3.05) is 31.5 Å². The Labute approximate surface area is 195 Å². The normalized spacial score (nSPS) is 12.3. The fourth-order valence-electron chi connectivity index (χ4n) is 3.08. The maximum atomic E-state index is 13.4. The summed E-state index contributed by atoms with van der Waals surface area (Å²) in [5, 5.41) is 2.76. The number of benzene rings is 2. The number of nitrogens with one attached hydrogen (secondary N) is 1. The number of amides is 2. The van der Waals surface area contributed by atoms with Gasteiger partial charge in [-0.3, -0.25) is 9.59 Å². The number of carbonyl (C=O) groups excluding carboxylic acids is 2. The second-order valence-electron chi connectivity index (χ2n) is 7.75. The molecule has 10 heteroatoms. The van der Waals surface area contributed by atoms with Crippen LogP contribution in [0.25, 0.3) is 0 Å². The van der Waals surface area contributed by atoms with Gasteiger partial charge in [-0.1, -0.05) is 37.3 Å². The van der Waals surface area contributed by atoms with Crippen LogP contribution in [0.1, 0.15) is 25.8 Å². The van der Waals surface area contributed by atoms with Gasteiger partial charge in [-0.05, 0) is 43.2 Å². The Morgan fingerprint density at radius 1 is 1.03 bits per heavy atom. The number of carbonyl (C=O) groups is 2. The van der Waals surface area contributed by atoms with E-state index >= 15 is 0 Å². The minimum absolute atomic E-state index is 0.0183. The van der Waals surface area contributed by atoms with Crippen LogP contribution in [0.4, 0.5) is 10.1 Å². The summed E-state index contributed by atoms with van der Waals surface area (Å²) >= 11 is 0. The van der Waals surface area contributed by atoms with Crippen molar-refractivity contribution in [2.45, 2.75) is 32.9 Å². The molecule has 180 valence electrons. The van der Waals surface area contributed by atoms with Crippen LogP contribution in [0.3, 0.4) is 0 Å². The van der Waals surface area contributed by atoms with Gasteiger partial charge in [-0.15, -0.1) is 0 Å². The van der Waals surface area contributed by atoms with E-state index in [1.807, 2.05) is 6.92 Å². The fraction of sp³-hybridized carbons (Fsp3) is 0.391. The molecule has 0 aliphatic rings. The Morgan fingerprint density at radius 3 is 2.18 bits per heavy atom. The average Bonchev–Trinajstić information content (AvgIpc) is 2.80. The van der Waals surface area contributed by atoms with Gasteiger partial charge in [0.25, 0.3) is 0 Å². The summed E-state index contributed by atoms with van der Waals surface area (Å²) in [4.78, 5) is 27.4. The summed E-state index contributed by atoms with van der Waals surface area (Å²) in [7, 11) is -1.23. The Balaban J connectivity index is 2.39. The van der Waals surface area contributed by atoms with Crippen LogP contribution >= 0.6 is 0 Å². The molecule has 0 bridgehead atoms. The molecule has 0 aromatic heterocycles. The number of rotatable bonds is 11. The number of hydrogen-bond donors (Lipinski definition) is 1. The van der Waals surface area contributed by atoms with Crippen molar-refractivity contribution in [3.05, 3.63) is 66.0 Å². The van der Waals surface area contributed by atoms with Gasteiger partial charge in [0.15, 0.2) is 0 Å². The maximum absolute atomic E-state index is 13.4. The Bertz CT molecular complexity index is 1030. The second kappa shape index (κ2) is 11.8. The van der Waals surface area contributed by atoms with Gasteiger partial charge in [0, 0.05) is 27.2 Å². The topological polar surface area (TPSA) is 90.0 Å². The Kier molecular flexibility index (Phi) is 9.36. The molecule has 0 saturated carbocycles. The predicted octanol–water partition coefficient (Wildman–Crippen LogP) is 2.38. The number of halogens is 1. The number of anilines is 1. The molecule has 0 aliphatic carbocycles. The minimum atomic E-state index is -3.99. The van der Waals surface area contributed by atoms with Crippen molar-refractivity contribution in [1.82, 2.24) is 14.5 Å². The highest BCUT2D eigenvalue weighted by Gasteiger charge is 2.32. The number of para-hydroxylation sites is 1. The summed E-state index contributed by atoms with van der Waals surface area (Å²) in [6, 6.07) is 13.0. The summed E-state index contributed by atoms with van der Waals surface area (Å²) in [6.45, 7) is 3.46. The third-order valence-electron chi connectivity index (χ3n) is 5.05. The largest absolute Gasteiger partial charge is 0.354 e. The third-order valence-corrected chi connectivity index (χ3v) is 6.87. The highest BCUT2D eigenvalue weighted by atomic mass is 32.2. The lowest BCUT2D eigenvalue weighted by Gasteiger charge is -2.32. The van der Waals surface area contributed by atoms with E-state index in [-0.39, 0.29) is 12.5 Å². The minimum Gasteiger partial charge on any atom is -0.354 e. The predicted molar refractivity (Wildman–Crippen MR) is 126 cm³/mol. The molecule has 2 rings (SSSR count). The zero-order chi connectivity index (χ0) is 24.6. The molecular formula is C23H31FN4O4S. The van der Waals surface area contributed by atoms with Crippen LogP contribution in [-0.4, -0.2) is 62.7 Å². The molecule has 0 saturated heterocycles. The molecule has 0 spiro atoms. The van der Waals surface area contributed by atoms with Gasteiger partial charge in [-0.25, -0.2) is 8.70 Å². The summed E-state index contributed by atoms with van der Waals surface area (Å²) < 4.78 is 41.4. The first kappa shape index (κ1) is 26.3. The van der Waals surface area contributed by atoms with E-state index in [1.54, 1.807) is 37.3 Å². The molecule has 1 unspecified atom stereocenters. The average molecular weight is 479 g/mol. The van der Waals surface area contributed by atoms with E-state index in [4.69, 9.17) is 0 Å². The molecule has 0 aliphatic heterocycles. The molecule has 2 amide bonds. The van der Waals surface area contributed by atoms with Gasteiger partial charge in [0.2, 0.25) is 11.8 Å². The van der Waals surface area contributed by atoms with Crippen molar-refractivity contribution in [1.29, 1.82) is 0 Å². The Hall–Kier alpha value is -2.98. The molecule has 2 aromatic rings. The molecule has 1 N–H and O–H groups in total. The van der Waals surface area contributed by atoms with Crippen molar-refractivity contribution in [2.24, 2.45) is 0 Å². The van der Waals surface area contributed by atoms with Crippen LogP contribution in [0.15, 0.2) is 54.6 Å². The Morgan fingerprint density at radius 2 is 1.64 bits per heavy atom. The number of nitrogens with zero attached hydrogens (tertiary/aromatic N) is 3. The van der Waals surface area contributed by atoms with Gasteiger partial charge in [0.1, 0.15) is 18.4 Å². The zero-order valence-electron chi connectivity index (χ0n) is 19.4. The maximum Gasteiger partial charge on any atom is 0.304 e. The van der Waals surface area contributed by atoms with E-state index in [9.17, 15) is 22.4 Å². The van der Waals surface area contributed by atoms with Crippen molar-refractivity contribution >= 4 is 27.7 Å². The van der Waals surface area contributed by atoms with Gasteiger partial charge in [0.05, 0.1) is 5.69 Å². The van der Waals surface area contributed by atoms with Crippen LogP contribution in [-0.2, 0) is 26.3 Å². The fourth-order valence-corrected chi connectivity index (χ4v) is 4.13. The first-order valence-electron chi connectivity index (χ1n) is 10.6. The summed E-state index contributed by atoms with van der Waals surface area (Å²) in [6.07, 6.45) is 0.729. The molecule has 8 nitrogen and oxygen atoms in total. The van der Waals surface area contributed by atoms with Gasteiger partial charge < -0.3 is 10.2 Å². The van der Waals surface area contributed by atoms with Crippen molar-refractivity contribution < 1.29 is 22.4 Å². The second-order valence-corrected chi connectivity index (χ2v) is 9.81. The van der Waals surface area contributed by atoms with Crippen molar-refractivity contribution in [3.8, 4) is 0 Å². The highest BCUT2D eigenvalue weighted by Crippen LogP contribution is 2.20. The molecule has 33 heavy (non-hydrogen) atoms. The molecular weight excluding hydrogens is 447 g/mol. The SMILES string of the molecule is CCCNC(=O)C(C)N(Cc1ccc(F)cc1)C(=O)CN(c1ccccc1)S(=O)(=O)N(C)C. The highest BCUT2D eigenvalue weighted by molar-refractivity contribution is 7.90. The molecule has 1 atom stereocenters. The van der Waals surface area contributed by atoms with E-state index < -0.39 is 34.5 Å². The van der Waals surface area contributed by atoms with Gasteiger partial charge >= 0.3 is 10.2 Å². The van der Waals surface area contributed by atoms with Crippen LogP contribution in [0.2, 0.25) is 0 Å². The smallest absolute Gasteiger partial charge is 0.304 e. The van der Waals surface area contributed by atoms with Crippen LogP contribution in [0, 0.1) is 5.82 Å². The van der Waals surface area contributed by atoms with E-state index in [0.29, 0.717) is 17.8 Å². The van der Waals surface area contributed by atoms with Crippen LogP contribution in [0.5, 0.6) is 0 Å². The monoisotopic (exact) mass is 478 g/mol. The molecule has 0 heterocycles. The van der Waals surface area contributed by atoms with Gasteiger partial charge in [-0.2, -0.15) is 12.7 Å². The zero-order valence-corrected chi connectivity index (χ0v) is 20.2. The third kappa shape index (κ3) is 7.00. The summed E-state index contributed by atoms with van der Waals surface area (Å²) in [5.41, 5.74) is 0.936. The molecule has 0 fully saturated rings. The lowest BCUT2D eigenvalue weighted by Crippen LogP contribution is -2.52. The number of hydrogen-bond acceptors (Lipinski definition) is 4. The van der Waals surface area contributed by atoms with Crippen LogP contribution < -0.4 is 9.62 Å². The van der Waals surface area contributed by atoms with E-state index in [1.165, 1.54) is 43.3 Å².